The van der Waals surface area contributed by atoms with Crippen LogP contribution in [-0.2, 0) is 14.3 Å². The summed E-state index contributed by atoms with van der Waals surface area (Å²) in [7, 11) is 0. The first-order valence-corrected chi connectivity index (χ1v) is 6.42. The molecule has 7 heteroatoms. The second kappa shape index (κ2) is 7.44. The number of nitrogens with two attached hydrogens (primary N) is 1. The number of urea groups is 1. The third-order valence-corrected chi connectivity index (χ3v) is 2.66. The topological polar surface area (TPSA) is 98.5 Å². The standard InChI is InChI=1S/C13H13BrN2O4/c1-8(12(18)16-13(15)19)20-11(17)6-5-9-3-2-4-10(14)7-9/h2-8H,1H3,(H3,15,16,18,19)/b6-5+/t8-/m0/s1. The van der Waals surface area contributed by atoms with Crippen molar-refractivity contribution in [2.24, 2.45) is 5.73 Å². The van der Waals surface area contributed by atoms with Crippen LogP contribution in [0, 0.1) is 0 Å². The minimum Gasteiger partial charge on any atom is -0.449 e. The van der Waals surface area contributed by atoms with E-state index in [1.807, 2.05) is 23.5 Å². The van der Waals surface area contributed by atoms with E-state index in [0.717, 1.165) is 10.0 Å². The summed E-state index contributed by atoms with van der Waals surface area (Å²) in [6, 6.07) is 6.29. The molecule has 0 saturated heterocycles. The van der Waals surface area contributed by atoms with Crippen molar-refractivity contribution >= 4 is 39.9 Å². The van der Waals surface area contributed by atoms with E-state index in [0.29, 0.717) is 0 Å². The molecule has 0 fully saturated rings. The fraction of sp³-hybridized carbons (Fsp3) is 0.154. The third-order valence-electron chi connectivity index (χ3n) is 2.17. The van der Waals surface area contributed by atoms with Crippen LogP contribution in [0.15, 0.2) is 34.8 Å². The predicted molar refractivity (Wildman–Crippen MR) is 76.5 cm³/mol. The molecule has 20 heavy (non-hydrogen) atoms. The number of nitrogens with one attached hydrogen (secondary N) is 1. The SMILES string of the molecule is C[C@H](OC(=O)/C=C/c1cccc(Br)c1)C(=O)NC(N)=O. The van der Waals surface area contributed by atoms with E-state index in [4.69, 9.17) is 10.5 Å². The number of carbonyl (C=O) groups is 3. The summed E-state index contributed by atoms with van der Waals surface area (Å²) in [5, 5.41) is 1.82. The Bertz CT molecular complexity index is 557. The van der Waals surface area contributed by atoms with Gasteiger partial charge in [0.2, 0.25) is 0 Å². The van der Waals surface area contributed by atoms with Gasteiger partial charge in [0.25, 0.3) is 5.91 Å². The van der Waals surface area contributed by atoms with Crippen LogP contribution in [0.4, 0.5) is 4.79 Å². The summed E-state index contributed by atoms with van der Waals surface area (Å²) >= 11 is 3.30. The first-order valence-electron chi connectivity index (χ1n) is 5.63. The lowest BCUT2D eigenvalue weighted by Crippen LogP contribution is -2.42. The number of primary amides is 1. The molecule has 1 aromatic carbocycles. The van der Waals surface area contributed by atoms with Crippen LogP contribution in [0.2, 0.25) is 0 Å². The first kappa shape index (κ1) is 15.9. The minimum atomic E-state index is -1.11. The Hall–Kier alpha value is -2.15. The van der Waals surface area contributed by atoms with Crippen molar-refractivity contribution < 1.29 is 19.1 Å². The normalized spacial score (nSPS) is 11.9. The monoisotopic (exact) mass is 340 g/mol. The second-order valence-corrected chi connectivity index (χ2v) is 4.74. The molecule has 0 heterocycles. The molecule has 0 radical (unpaired) electrons. The Morgan fingerprint density at radius 3 is 2.70 bits per heavy atom. The molecular weight excluding hydrogens is 328 g/mol. The summed E-state index contributed by atoms with van der Waals surface area (Å²) < 4.78 is 5.68. The summed E-state index contributed by atoms with van der Waals surface area (Å²) in [4.78, 5) is 33.2. The van der Waals surface area contributed by atoms with Crippen LogP contribution in [0.1, 0.15) is 12.5 Å². The van der Waals surface area contributed by atoms with Gasteiger partial charge in [-0.25, -0.2) is 9.59 Å². The first-order chi connectivity index (χ1) is 9.38. The Morgan fingerprint density at radius 2 is 2.10 bits per heavy atom. The van der Waals surface area contributed by atoms with E-state index in [2.05, 4.69) is 15.9 Å². The summed E-state index contributed by atoms with van der Waals surface area (Å²) in [5.74, 6) is -1.47. The van der Waals surface area contributed by atoms with Crippen LogP contribution in [0.5, 0.6) is 0 Å². The average Bonchev–Trinajstić information content (AvgIpc) is 2.35. The summed E-state index contributed by atoms with van der Waals surface area (Å²) in [6.45, 7) is 1.34. The van der Waals surface area contributed by atoms with E-state index in [1.54, 1.807) is 12.1 Å². The van der Waals surface area contributed by atoms with Gasteiger partial charge in [0.05, 0.1) is 0 Å². The molecule has 106 valence electrons. The lowest BCUT2D eigenvalue weighted by Gasteiger charge is -2.10. The number of rotatable bonds is 4. The molecule has 0 saturated carbocycles. The quantitative estimate of drug-likeness (QED) is 0.642. The van der Waals surface area contributed by atoms with Gasteiger partial charge in [-0.3, -0.25) is 10.1 Å². The fourth-order valence-corrected chi connectivity index (χ4v) is 1.68. The van der Waals surface area contributed by atoms with Crippen molar-refractivity contribution in [1.82, 2.24) is 5.32 Å². The molecule has 0 spiro atoms. The Kier molecular flexibility index (Phi) is 5.92. The molecule has 0 aliphatic rings. The number of esters is 1. The fourth-order valence-electron chi connectivity index (χ4n) is 1.26. The molecule has 3 N–H and O–H groups in total. The van der Waals surface area contributed by atoms with Gasteiger partial charge in [0, 0.05) is 10.5 Å². The van der Waals surface area contributed by atoms with Gasteiger partial charge in [-0.05, 0) is 30.7 Å². The molecule has 0 aliphatic carbocycles. The molecule has 1 rings (SSSR count). The number of imide groups is 1. The van der Waals surface area contributed by atoms with Crippen molar-refractivity contribution in [1.29, 1.82) is 0 Å². The van der Waals surface area contributed by atoms with Crippen molar-refractivity contribution in [3.8, 4) is 0 Å². The van der Waals surface area contributed by atoms with Crippen LogP contribution < -0.4 is 11.1 Å². The van der Waals surface area contributed by atoms with Crippen molar-refractivity contribution in [2.75, 3.05) is 0 Å². The maximum Gasteiger partial charge on any atom is 0.331 e. The van der Waals surface area contributed by atoms with Gasteiger partial charge in [-0.1, -0.05) is 28.1 Å². The van der Waals surface area contributed by atoms with Gasteiger partial charge in [-0.15, -0.1) is 0 Å². The van der Waals surface area contributed by atoms with E-state index in [9.17, 15) is 14.4 Å². The van der Waals surface area contributed by atoms with Crippen LogP contribution in [-0.4, -0.2) is 24.0 Å². The number of carbonyl (C=O) groups excluding carboxylic acids is 3. The highest BCUT2D eigenvalue weighted by atomic mass is 79.9. The van der Waals surface area contributed by atoms with Crippen molar-refractivity contribution in [3.63, 3.8) is 0 Å². The average molecular weight is 341 g/mol. The molecule has 1 atom stereocenters. The number of hydrogen-bond donors (Lipinski definition) is 2. The second-order valence-electron chi connectivity index (χ2n) is 3.82. The van der Waals surface area contributed by atoms with Crippen molar-refractivity contribution in [3.05, 3.63) is 40.4 Å². The highest BCUT2D eigenvalue weighted by Gasteiger charge is 2.17. The Labute approximate surface area is 124 Å². The Morgan fingerprint density at radius 1 is 1.40 bits per heavy atom. The molecule has 0 unspecified atom stereocenters. The highest BCUT2D eigenvalue weighted by Crippen LogP contribution is 2.12. The van der Waals surface area contributed by atoms with Gasteiger partial charge in [0.15, 0.2) is 6.10 Å². The molecule has 0 aromatic heterocycles. The Balaban J connectivity index is 2.55. The van der Waals surface area contributed by atoms with E-state index < -0.39 is 24.0 Å². The zero-order valence-electron chi connectivity index (χ0n) is 10.6. The molecular formula is C13H13BrN2O4. The minimum absolute atomic E-state index is 0.697. The van der Waals surface area contributed by atoms with Gasteiger partial charge >= 0.3 is 12.0 Å². The molecule has 0 aliphatic heterocycles. The van der Waals surface area contributed by atoms with E-state index in [1.165, 1.54) is 13.0 Å². The highest BCUT2D eigenvalue weighted by molar-refractivity contribution is 9.10. The third kappa shape index (κ3) is 5.66. The van der Waals surface area contributed by atoms with Gasteiger partial charge in [0.1, 0.15) is 0 Å². The lowest BCUT2D eigenvalue weighted by molar-refractivity contribution is -0.149. The van der Waals surface area contributed by atoms with Gasteiger partial charge in [-0.2, -0.15) is 0 Å². The molecule has 0 bridgehead atoms. The number of halogens is 1. The number of amides is 3. The molecule has 1 aromatic rings. The number of benzene rings is 1. The van der Waals surface area contributed by atoms with Crippen LogP contribution in [0.25, 0.3) is 6.08 Å². The predicted octanol–water partition coefficient (Wildman–Crippen LogP) is 1.59. The zero-order valence-corrected chi connectivity index (χ0v) is 12.2. The largest absolute Gasteiger partial charge is 0.449 e. The van der Waals surface area contributed by atoms with E-state index in [-0.39, 0.29) is 0 Å². The summed E-state index contributed by atoms with van der Waals surface area (Å²) in [6.07, 6.45) is 1.63. The zero-order chi connectivity index (χ0) is 15.1. The van der Waals surface area contributed by atoms with Crippen molar-refractivity contribution in [2.45, 2.75) is 13.0 Å². The maximum atomic E-state index is 11.5. The van der Waals surface area contributed by atoms with Gasteiger partial charge < -0.3 is 10.5 Å². The van der Waals surface area contributed by atoms with Crippen LogP contribution >= 0.6 is 15.9 Å². The number of ether oxygens (including phenoxy) is 1. The molecule has 3 amide bonds. The maximum absolute atomic E-state index is 11.5. The summed E-state index contributed by atoms with van der Waals surface area (Å²) in [5.41, 5.74) is 5.58. The number of hydrogen-bond acceptors (Lipinski definition) is 4. The van der Waals surface area contributed by atoms with Crippen LogP contribution in [0.3, 0.4) is 0 Å². The lowest BCUT2D eigenvalue weighted by atomic mass is 10.2. The van der Waals surface area contributed by atoms with E-state index >= 15 is 0 Å². The molecule has 6 nitrogen and oxygen atoms in total. The smallest absolute Gasteiger partial charge is 0.331 e.